The summed E-state index contributed by atoms with van der Waals surface area (Å²) in [5.41, 5.74) is 6.22. The van der Waals surface area contributed by atoms with E-state index in [1.165, 1.54) is 4.90 Å². The van der Waals surface area contributed by atoms with Crippen LogP contribution in [0.15, 0.2) is 18.3 Å². The lowest BCUT2D eigenvalue weighted by Crippen LogP contribution is -2.35. The number of hydrogen-bond donors (Lipinski definition) is 1. The fourth-order valence-electron chi connectivity index (χ4n) is 1.22. The summed E-state index contributed by atoms with van der Waals surface area (Å²) in [5, 5.41) is 0. The molecular formula is C11H17N3O2. The van der Waals surface area contributed by atoms with Crippen molar-refractivity contribution in [2.24, 2.45) is 5.73 Å². The molecule has 1 aromatic heterocycles. The number of rotatable bonds is 4. The van der Waals surface area contributed by atoms with Gasteiger partial charge in [-0.25, -0.2) is 0 Å². The van der Waals surface area contributed by atoms with Gasteiger partial charge in [-0.15, -0.1) is 0 Å². The van der Waals surface area contributed by atoms with Gasteiger partial charge in [-0.3, -0.25) is 9.78 Å². The predicted molar refractivity (Wildman–Crippen MR) is 60.9 cm³/mol. The zero-order valence-electron chi connectivity index (χ0n) is 9.80. The number of nitrogens with zero attached hydrogens (tertiary/aromatic N) is 2. The molecule has 0 saturated carbocycles. The molecule has 88 valence electrons. The van der Waals surface area contributed by atoms with Gasteiger partial charge in [-0.05, 0) is 19.1 Å². The van der Waals surface area contributed by atoms with Crippen molar-refractivity contribution >= 4 is 5.91 Å². The van der Waals surface area contributed by atoms with E-state index in [-0.39, 0.29) is 5.91 Å². The van der Waals surface area contributed by atoms with Crippen molar-refractivity contribution < 1.29 is 9.53 Å². The van der Waals surface area contributed by atoms with Gasteiger partial charge < -0.3 is 15.4 Å². The molecule has 0 saturated heterocycles. The van der Waals surface area contributed by atoms with Crippen molar-refractivity contribution in [1.29, 1.82) is 0 Å². The van der Waals surface area contributed by atoms with E-state index in [2.05, 4.69) is 4.98 Å². The Bertz CT molecular complexity index is 349. The van der Waals surface area contributed by atoms with Crippen molar-refractivity contribution in [2.75, 3.05) is 14.1 Å². The van der Waals surface area contributed by atoms with Crippen LogP contribution in [0.25, 0.3) is 0 Å². The lowest BCUT2D eigenvalue weighted by atomic mass is 10.3. The van der Waals surface area contributed by atoms with Crippen LogP contribution in [0, 0.1) is 0 Å². The highest BCUT2D eigenvalue weighted by Crippen LogP contribution is 2.11. The van der Waals surface area contributed by atoms with Gasteiger partial charge in [0.25, 0.3) is 5.91 Å². The normalized spacial score (nSPS) is 12.0. The highest BCUT2D eigenvalue weighted by Gasteiger charge is 2.16. The largest absolute Gasteiger partial charge is 0.479 e. The summed E-state index contributed by atoms with van der Waals surface area (Å²) in [6.07, 6.45) is 1.06. The second-order valence-electron chi connectivity index (χ2n) is 3.68. The lowest BCUT2D eigenvalue weighted by Gasteiger charge is -2.18. The monoisotopic (exact) mass is 223 g/mol. The second-order valence-corrected chi connectivity index (χ2v) is 3.68. The number of carbonyl (C=O) groups is 1. The maximum atomic E-state index is 11.5. The van der Waals surface area contributed by atoms with Crippen molar-refractivity contribution in [3.8, 4) is 5.75 Å². The summed E-state index contributed by atoms with van der Waals surface area (Å²) >= 11 is 0. The van der Waals surface area contributed by atoms with Crippen LogP contribution in [0.2, 0.25) is 0 Å². The maximum absolute atomic E-state index is 11.5. The average Bonchev–Trinajstić information content (AvgIpc) is 2.28. The summed E-state index contributed by atoms with van der Waals surface area (Å²) in [6, 6.07) is 3.54. The Morgan fingerprint density at radius 2 is 2.25 bits per heavy atom. The van der Waals surface area contributed by atoms with Crippen LogP contribution in [-0.4, -0.2) is 36.0 Å². The van der Waals surface area contributed by atoms with Gasteiger partial charge in [-0.1, -0.05) is 0 Å². The van der Waals surface area contributed by atoms with E-state index in [4.69, 9.17) is 10.5 Å². The Balaban J connectivity index is 2.62. The molecule has 5 heteroatoms. The highest BCUT2D eigenvalue weighted by molar-refractivity contribution is 5.80. The summed E-state index contributed by atoms with van der Waals surface area (Å²) in [6.45, 7) is 2.10. The molecule has 1 rings (SSSR count). The molecule has 0 aliphatic carbocycles. The number of pyridine rings is 1. The van der Waals surface area contributed by atoms with Gasteiger partial charge >= 0.3 is 0 Å². The number of aromatic nitrogens is 1. The third-order valence-electron chi connectivity index (χ3n) is 2.11. The third kappa shape index (κ3) is 3.20. The summed E-state index contributed by atoms with van der Waals surface area (Å²) < 4.78 is 5.44. The van der Waals surface area contributed by atoms with E-state index < -0.39 is 6.10 Å². The van der Waals surface area contributed by atoms with E-state index in [1.54, 1.807) is 39.3 Å². The summed E-state index contributed by atoms with van der Waals surface area (Å²) in [5.74, 6) is 0.489. The van der Waals surface area contributed by atoms with E-state index in [1.807, 2.05) is 0 Å². The molecule has 2 N–H and O–H groups in total. The number of amides is 1. The molecule has 5 nitrogen and oxygen atoms in total. The van der Waals surface area contributed by atoms with E-state index >= 15 is 0 Å². The minimum absolute atomic E-state index is 0.0806. The van der Waals surface area contributed by atoms with E-state index in [0.717, 1.165) is 5.69 Å². The minimum Gasteiger partial charge on any atom is -0.479 e. The Labute approximate surface area is 95.2 Å². The summed E-state index contributed by atoms with van der Waals surface area (Å²) in [4.78, 5) is 17.1. The first-order valence-corrected chi connectivity index (χ1v) is 5.07. The van der Waals surface area contributed by atoms with Crippen molar-refractivity contribution in [2.45, 2.75) is 19.6 Å². The first kappa shape index (κ1) is 12.4. The topological polar surface area (TPSA) is 68.5 Å². The first-order chi connectivity index (χ1) is 7.54. The molecule has 1 amide bonds. The average molecular weight is 223 g/mol. The Kier molecular flexibility index (Phi) is 4.25. The predicted octanol–water partition coefficient (Wildman–Crippen LogP) is 0.396. The Morgan fingerprint density at radius 3 is 2.69 bits per heavy atom. The van der Waals surface area contributed by atoms with Gasteiger partial charge in [0.1, 0.15) is 5.75 Å². The van der Waals surface area contributed by atoms with Crippen LogP contribution in [0.3, 0.4) is 0 Å². The first-order valence-electron chi connectivity index (χ1n) is 5.07. The molecule has 1 heterocycles. The van der Waals surface area contributed by atoms with Crippen LogP contribution in [0.5, 0.6) is 5.75 Å². The number of hydrogen-bond acceptors (Lipinski definition) is 4. The number of nitrogens with two attached hydrogens (primary N) is 1. The van der Waals surface area contributed by atoms with Gasteiger partial charge in [0.05, 0.1) is 11.9 Å². The van der Waals surface area contributed by atoms with Gasteiger partial charge in [0.15, 0.2) is 6.10 Å². The number of carbonyl (C=O) groups excluding carboxylic acids is 1. The van der Waals surface area contributed by atoms with Crippen LogP contribution in [0.1, 0.15) is 12.6 Å². The molecule has 0 aliphatic rings. The molecule has 0 spiro atoms. The molecule has 0 bridgehead atoms. The molecule has 0 aliphatic heterocycles. The number of ether oxygens (including phenoxy) is 1. The Morgan fingerprint density at radius 1 is 1.56 bits per heavy atom. The van der Waals surface area contributed by atoms with Gasteiger partial charge in [0.2, 0.25) is 0 Å². The zero-order chi connectivity index (χ0) is 12.1. The minimum atomic E-state index is -0.513. The standard InChI is InChI=1S/C11H17N3O2/c1-8(11(15)14(2)3)16-10-5-4-9(6-12)13-7-10/h4-5,7-8H,6,12H2,1-3H3. The fraction of sp³-hybridized carbons (Fsp3) is 0.455. The summed E-state index contributed by atoms with van der Waals surface area (Å²) in [7, 11) is 3.38. The number of likely N-dealkylation sites (N-methyl/N-ethyl adjacent to an activating group) is 1. The van der Waals surface area contributed by atoms with Gasteiger partial charge in [-0.2, -0.15) is 0 Å². The maximum Gasteiger partial charge on any atom is 0.262 e. The molecule has 1 atom stereocenters. The molecule has 16 heavy (non-hydrogen) atoms. The lowest BCUT2D eigenvalue weighted by molar-refractivity contribution is -0.135. The van der Waals surface area contributed by atoms with E-state index in [0.29, 0.717) is 12.3 Å². The quantitative estimate of drug-likeness (QED) is 0.802. The SMILES string of the molecule is CC(Oc1ccc(CN)nc1)C(=O)N(C)C. The molecule has 0 aromatic carbocycles. The molecule has 0 radical (unpaired) electrons. The molecule has 0 fully saturated rings. The molecule has 1 aromatic rings. The zero-order valence-corrected chi connectivity index (χ0v) is 9.80. The second kappa shape index (κ2) is 5.46. The van der Waals surface area contributed by atoms with Crippen LogP contribution in [0.4, 0.5) is 0 Å². The highest BCUT2D eigenvalue weighted by atomic mass is 16.5. The van der Waals surface area contributed by atoms with Gasteiger partial charge in [0, 0.05) is 20.6 Å². The van der Waals surface area contributed by atoms with Crippen molar-refractivity contribution in [1.82, 2.24) is 9.88 Å². The van der Waals surface area contributed by atoms with Crippen LogP contribution < -0.4 is 10.5 Å². The smallest absolute Gasteiger partial charge is 0.262 e. The third-order valence-corrected chi connectivity index (χ3v) is 2.11. The van der Waals surface area contributed by atoms with Crippen molar-refractivity contribution in [3.63, 3.8) is 0 Å². The van der Waals surface area contributed by atoms with Crippen molar-refractivity contribution in [3.05, 3.63) is 24.0 Å². The molecular weight excluding hydrogens is 206 g/mol. The Hall–Kier alpha value is -1.62. The van der Waals surface area contributed by atoms with Crippen LogP contribution >= 0.6 is 0 Å². The van der Waals surface area contributed by atoms with E-state index in [9.17, 15) is 4.79 Å². The fourth-order valence-corrected chi connectivity index (χ4v) is 1.22. The van der Waals surface area contributed by atoms with Crippen LogP contribution in [-0.2, 0) is 11.3 Å². The molecule has 1 unspecified atom stereocenters.